The molecular weight excluding hydrogens is 342 g/mol. The van der Waals surface area contributed by atoms with E-state index in [0.717, 1.165) is 12.8 Å². The Kier molecular flexibility index (Phi) is 5.08. The number of nitrogens with one attached hydrogen (secondary N) is 2. The van der Waals surface area contributed by atoms with Crippen molar-refractivity contribution in [2.24, 2.45) is 5.92 Å². The average Bonchev–Trinajstić information content (AvgIpc) is 3.37. The molecule has 2 N–H and O–H groups in total. The molecule has 1 aliphatic carbocycles. The Morgan fingerprint density at radius 2 is 2.00 bits per heavy atom. The second-order valence-corrected chi connectivity index (χ2v) is 6.53. The van der Waals surface area contributed by atoms with E-state index < -0.39 is 5.97 Å². The number of ether oxygens (including phenoxy) is 1. The number of anilines is 2. The number of thiazole rings is 1. The predicted octanol–water partition coefficient (Wildman–Crippen LogP) is 2.46. The highest BCUT2D eigenvalue weighted by Gasteiger charge is 2.30. The van der Waals surface area contributed by atoms with E-state index in [4.69, 9.17) is 4.74 Å². The van der Waals surface area contributed by atoms with Gasteiger partial charge in [0.1, 0.15) is 0 Å². The highest BCUT2D eigenvalue weighted by atomic mass is 32.1. The zero-order valence-electron chi connectivity index (χ0n) is 13.6. The molecule has 0 saturated heterocycles. The molecule has 1 aromatic heterocycles. The maximum atomic E-state index is 12.2. The standard InChI is InChI=1S/C17H17N3O4S/c1-24-16(23)12-4-2-3-5-13(12)19-14(21)8-11-9-25-17(18-11)20-15(22)10-6-7-10/h2-5,9-10H,6-8H2,1H3,(H,19,21)(H,18,20,22). The van der Waals surface area contributed by atoms with Gasteiger partial charge in [-0.05, 0) is 25.0 Å². The van der Waals surface area contributed by atoms with Crippen LogP contribution < -0.4 is 10.6 Å². The van der Waals surface area contributed by atoms with Crippen LogP contribution in [0.4, 0.5) is 10.8 Å². The molecule has 1 aromatic carbocycles. The molecule has 0 spiro atoms. The number of nitrogens with zero attached hydrogens (tertiary/aromatic N) is 1. The van der Waals surface area contributed by atoms with Gasteiger partial charge in [-0.2, -0.15) is 0 Å². The molecule has 1 fully saturated rings. The Morgan fingerprint density at radius 1 is 1.24 bits per heavy atom. The predicted molar refractivity (Wildman–Crippen MR) is 93.6 cm³/mol. The van der Waals surface area contributed by atoms with E-state index in [2.05, 4.69) is 15.6 Å². The molecule has 1 heterocycles. The Morgan fingerprint density at radius 3 is 2.72 bits per heavy atom. The summed E-state index contributed by atoms with van der Waals surface area (Å²) in [6.45, 7) is 0. The van der Waals surface area contributed by atoms with E-state index in [1.165, 1.54) is 18.4 Å². The first-order valence-electron chi connectivity index (χ1n) is 7.79. The molecule has 3 rings (SSSR count). The van der Waals surface area contributed by atoms with Gasteiger partial charge >= 0.3 is 5.97 Å². The maximum Gasteiger partial charge on any atom is 0.339 e. The smallest absolute Gasteiger partial charge is 0.339 e. The number of carbonyl (C=O) groups excluding carboxylic acids is 3. The summed E-state index contributed by atoms with van der Waals surface area (Å²) in [5, 5.41) is 7.67. The molecule has 2 amide bonds. The van der Waals surface area contributed by atoms with E-state index in [-0.39, 0.29) is 29.7 Å². The van der Waals surface area contributed by atoms with Crippen molar-refractivity contribution in [2.75, 3.05) is 17.7 Å². The van der Waals surface area contributed by atoms with Gasteiger partial charge in [-0.15, -0.1) is 11.3 Å². The van der Waals surface area contributed by atoms with Crippen LogP contribution in [0.5, 0.6) is 0 Å². The van der Waals surface area contributed by atoms with Crippen LogP contribution >= 0.6 is 11.3 Å². The lowest BCUT2D eigenvalue weighted by Crippen LogP contribution is -2.17. The first-order valence-corrected chi connectivity index (χ1v) is 8.67. The van der Waals surface area contributed by atoms with E-state index in [0.29, 0.717) is 16.5 Å². The Hall–Kier alpha value is -2.74. The van der Waals surface area contributed by atoms with Gasteiger partial charge < -0.3 is 15.4 Å². The Balaban J connectivity index is 1.60. The van der Waals surface area contributed by atoms with Gasteiger partial charge in [0.05, 0.1) is 30.5 Å². The van der Waals surface area contributed by atoms with E-state index >= 15 is 0 Å². The molecule has 0 unspecified atom stereocenters. The molecule has 0 atom stereocenters. The first-order chi connectivity index (χ1) is 12.1. The van der Waals surface area contributed by atoms with Crippen molar-refractivity contribution >= 4 is 39.9 Å². The van der Waals surface area contributed by atoms with Gasteiger partial charge in [0.15, 0.2) is 5.13 Å². The zero-order chi connectivity index (χ0) is 17.8. The lowest BCUT2D eigenvalue weighted by molar-refractivity contribution is -0.117. The van der Waals surface area contributed by atoms with Gasteiger partial charge in [0.25, 0.3) is 0 Å². The Labute approximate surface area is 148 Å². The number of carbonyl (C=O) groups is 3. The molecule has 1 aliphatic rings. The van der Waals surface area contributed by atoms with E-state index in [1.807, 2.05) is 0 Å². The molecule has 8 heteroatoms. The molecule has 25 heavy (non-hydrogen) atoms. The largest absolute Gasteiger partial charge is 0.465 e. The number of methoxy groups -OCH3 is 1. The number of aromatic nitrogens is 1. The summed E-state index contributed by atoms with van der Waals surface area (Å²) in [6, 6.07) is 6.62. The molecule has 0 bridgehead atoms. The second kappa shape index (κ2) is 7.43. The highest BCUT2D eigenvalue weighted by molar-refractivity contribution is 7.13. The number of hydrogen-bond acceptors (Lipinski definition) is 6. The molecule has 0 aliphatic heterocycles. The number of benzene rings is 1. The SMILES string of the molecule is COC(=O)c1ccccc1NC(=O)Cc1csc(NC(=O)C2CC2)n1. The molecular formula is C17H17N3O4S. The van der Waals surface area contributed by atoms with Gasteiger partial charge in [0, 0.05) is 11.3 Å². The van der Waals surface area contributed by atoms with E-state index in [1.54, 1.807) is 29.6 Å². The quantitative estimate of drug-likeness (QED) is 0.772. The molecule has 130 valence electrons. The van der Waals surface area contributed by atoms with Crippen molar-refractivity contribution in [1.82, 2.24) is 4.98 Å². The maximum absolute atomic E-state index is 12.2. The minimum absolute atomic E-state index is 0.0163. The van der Waals surface area contributed by atoms with Crippen LogP contribution in [-0.4, -0.2) is 29.9 Å². The van der Waals surface area contributed by atoms with Crippen LogP contribution in [0.15, 0.2) is 29.6 Å². The average molecular weight is 359 g/mol. The lowest BCUT2D eigenvalue weighted by Gasteiger charge is -2.08. The van der Waals surface area contributed by atoms with Crippen molar-refractivity contribution in [3.8, 4) is 0 Å². The van der Waals surface area contributed by atoms with Crippen molar-refractivity contribution in [2.45, 2.75) is 19.3 Å². The lowest BCUT2D eigenvalue weighted by atomic mass is 10.1. The van der Waals surface area contributed by atoms with Crippen molar-refractivity contribution in [3.05, 3.63) is 40.9 Å². The molecule has 0 radical (unpaired) electrons. The van der Waals surface area contributed by atoms with Gasteiger partial charge in [-0.1, -0.05) is 12.1 Å². The van der Waals surface area contributed by atoms with Crippen LogP contribution in [0.2, 0.25) is 0 Å². The van der Waals surface area contributed by atoms with Gasteiger partial charge in [-0.25, -0.2) is 9.78 Å². The summed E-state index contributed by atoms with van der Waals surface area (Å²) < 4.78 is 4.70. The third-order valence-corrected chi connectivity index (χ3v) is 4.48. The Bertz CT molecular complexity index is 814. The van der Waals surface area contributed by atoms with Crippen LogP contribution in [0.25, 0.3) is 0 Å². The number of esters is 1. The number of amides is 2. The monoisotopic (exact) mass is 359 g/mol. The van der Waals surface area contributed by atoms with Crippen LogP contribution in [0, 0.1) is 5.92 Å². The number of hydrogen-bond donors (Lipinski definition) is 2. The van der Waals surface area contributed by atoms with Crippen LogP contribution in [0.3, 0.4) is 0 Å². The minimum Gasteiger partial charge on any atom is -0.465 e. The van der Waals surface area contributed by atoms with Gasteiger partial charge in [-0.3, -0.25) is 9.59 Å². The first kappa shape index (κ1) is 17.1. The number of rotatable bonds is 6. The second-order valence-electron chi connectivity index (χ2n) is 5.67. The zero-order valence-corrected chi connectivity index (χ0v) is 14.4. The third kappa shape index (κ3) is 4.42. The third-order valence-electron chi connectivity index (χ3n) is 3.68. The normalized spacial score (nSPS) is 13.2. The summed E-state index contributed by atoms with van der Waals surface area (Å²) >= 11 is 1.29. The molecule has 2 aromatic rings. The molecule has 7 nitrogen and oxygen atoms in total. The summed E-state index contributed by atoms with van der Waals surface area (Å²) in [6.07, 6.45) is 1.89. The van der Waals surface area contributed by atoms with Crippen LogP contribution in [-0.2, 0) is 20.7 Å². The van der Waals surface area contributed by atoms with Crippen molar-refractivity contribution in [1.29, 1.82) is 0 Å². The van der Waals surface area contributed by atoms with E-state index in [9.17, 15) is 14.4 Å². The van der Waals surface area contributed by atoms with Gasteiger partial charge in [0.2, 0.25) is 11.8 Å². The highest BCUT2D eigenvalue weighted by Crippen LogP contribution is 2.30. The van der Waals surface area contributed by atoms with Crippen molar-refractivity contribution < 1.29 is 19.1 Å². The summed E-state index contributed by atoms with van der Waals surface area (Å²) in [5.41, 5.74) is 1.23. The topological polar surface area (TPSA) is 97.4 Å². The number of para-hydroxylation sites is 1. The molecule has 1 saturated carbocycles. The summed E-state index contributed by atoms with van der Waals surface area (Å²) in [4.78, 5) is 39.9. The summed E-state index contributed by atoms with van der Waals surface area (Å²) in [5.74, 6) is -0.737. The van der Waals surface area contributed by atoms with Crippen molar-refractivity contribution in [3.63, 3.8) is 0 Å². The fourth-order valence-electron chi connectivity index (χ4n) is 2.24. The summed E-state index contributed by atoms with van der Waals surface area (Å²) in [7, 11) is 1.29. The fourth-order valence-corrected chi connectivity index (χ4v) is 2.95. The fraction of sp³-hybridized carbons (Fsp3) is 0.294. The minimum atomic E-state index is -0.519. The van der Waals surface area contributed by atoms with Crippen LogP contribution in [0.1, 0.15) is 28.9 Å².